The van der Waals surface area contributed by atoms with Gasteiger partial charge >= 0.3 is 0 Å². The standard InChI is InChI=1S/C9H21N3S/c1-5-8(2)11-9(13)10-6-7-12(3)4/h8H,5-7H2,1-4H3,(H2,10,11,13). The normalized spacial score (nSPS) is 12.7. The van der Waals surface area contributed by atoms with Crippen LogP contribution in [0, 0.1) is 0 Å². The number of likely N-dealkylation sites (N-methyl/N-ethyl adjacent to an activating group) is 1. The lowest BCUT2D eigenvalue weighted by molar-refractivity contribution is 0.412. The van der Waals surface area contributed by atoms with Gasteiger partial charge in [-0.25, -0.2) is 0 Å². The van der Waals surface area contributed by atoms with Crippen LogP contribution in [0.3, 0.4) is 0 Å². The zero-order chi connectivity index (χ0) is 10.3. The summed E-state index contributed by atoms with van der Waals surface area (Å²) < 4.78 is 0. The van der Waals surface area contributed by atoms with Crippen molar-refractivity contribution in [3.05, 3.63) is 0 Å². The second-order valence-corrected chi connectivity index (χ2v) is 3.92. The first-order valence-electron chi connectivity index (χ1n) is 4.75. The highest BCUT2D eigenvalue weighted by Gasteiger charge is 1.99. The Morgan fingerprint density at radius 2 is 2.08 bits per heavy atom. The van der Waals surface area contributed by atoms with Crippen molar-refractivity contribution in [3.8, 4) is 0 Å². The third-order valence-electron chi connectivity index (χ3n) is 1.83. The molecular formula is C9H21N3S. The number of thiocarbonyl (C=S) groups is 1. The van der Waals surface area contributed by atoms with Crippen LogP contribution in [0.1, 0.15) is 20.3 Å². The number of hydrogen-bond donors (Lipinski definition) is 2. The van der Waals surface area contributed by atoms with E-state index in [0.29, 0.717) is 6.04 Å². The van der Waals surface area contributed by atoms with Crippen molar-refractivity contribution in [2.75, 3.05) is 27.2 Å². The molecule has 0 aliphatic carbocycles. The second-order valence-electron chi connectivity index (χ2n) is 3.51. The van der Waals surface area contributed by atoms with Crippen LogP contribution in [0.25, 0.3) is 0 Å². The number of nitrogens with zero attached hydrogens (tertiary/aromatic N) is 1. The third kappa shape index (κ3) is 7.99. The summed E-state index contributed by atoms with van der Waals surface area (Å²) in [4.78, 5) is 2.12. The molecule has 2 N–H and O–H groups in total. The van der Waals surface area contributed by atoms with Gasteiger partial charge in [0.15, 0.2) is 5.11 Å². The summed E-state index contributed by atoms with van der Waals surface area (Å²) in [5, 5.41) is 7.12. The Labute approximate surface area is 86.9 Å². The molecule has 0 aliphatic heterocycles. The van der Waals surface area contributed by atoms with Crippen LogP contribution in [-0.2, 0) is 0 Å². The maximum absolute atomic E-state index is 5.11. The first kappa shape index (κ1) is 12.7. The van der Waals surface area contributed by atoms with Crippen LogP contribution < -0.4 is 10.6 Å². The fourth-order valence-electron chi connectivity index (χ4n) is 0.770. The van der Waals surface area contributed by atoms with Crippen molar-refractivity contribution >= 4 is 17.3 Å². The Morgan fingerprint density at radius 1 is 1.46 bits per heavy atom. The van der Waals surface area contributed by atoms with Crippen LogP contribution in [0.2, 0.25) is 0 Å². The monoisotopic (exact) mass is 203 g/mol. The van der Waals surface area contributed by atoms with Crippen LogP contribution in [-0.4, -0.2) is 43.2 Å². The van der Waals surface area contributed by atoms with Gasteiger partial charge in [0.05, 0.1) is 0 Å². The van der Waals surface area contributed by atoms with E-state index in [1.807, 2.05) is 14.1 Å². The highest BCUT2D eigenvalue weighted by atomic mass is 32.1. The van der Waals surface area contributed by atoms with E-state index >= 15 is 0 Å². The largest absolute Gasteiger partial charge is 0.361 e. The molecule has 4 heteroatoms. The zero-order valence-electron chi connectivity index (χ0n) is 9.05. The molecule has 0 heterocycles. The van der Waals surface area contributed by atoms with Crippen molar-refractivity contribution in [3.63, 3.8) is 0 Å². The Bertz CT molecular complexity index is 148. The molecule has 0 aromatic carbocycles. The van der Waals surface area contributed by atoms with Crippen molar-refractivity contribution in [2.45, 2.75) is 26.3 Å². The summed E-state index contributed by atoms with van der Waals surface area (Å²) >= 11 is 5.11. The molecule has 0 radical (unpaired) electrons. The van der Waals surface area contributed by atoms with E-state index in [1.54, 1.807) is 0 Å². The molecule has 0 spiro atoms. The quantitative estimate of drug-likeness (QED) is 0.647. The van der Waals surface area contributed by atoms with Crippen LogP contribution in [0.5, 0.6) is 0 Å². The minimum Gasteiger partial charge on any atom is -0.361 e. The van der Waals surface area contributed by atoms with Gasteiger partial charge in [-0.3, -0.25) is 0 Å². The smallest absolute Gasteiger partial charge is 0.166 e. The van der Waals surface area contributed by atoms with E-state index < -0.39 is 0 Å². The highest BCUT2D eigenvalue weighted by Crippen LogP contribution is 1.86. The van der Waals surface area contributed by atoms with Gasteiger partial charge < -0.3 is 15.5 Å². The fraction of sp³-hybridized carbons (Fsp3) is 0.889. The van der Waals surface area contributed by atoms with Crippen molar-refractivity contribution in [1.82, 2.24) is 15.5 Å². The van der Waals surface area contributed by atoms with Crippen molar-refractivity contribution in [2.24, 2.45) is 0 Å². The van der Waals surface area contributed by atoms with E-state index in [9.17, 15) is 0 Å². The van der Waals surface area contributed by atoms with E-state index in [1.165, 1.54) is 0 Å². The molecule has 1 atom stereocenters. The summed E-state index contributed by atoms with van der Waals surface area (Å²) in [5.41, 5.74) is 0. The minimum absolute atomic E-state index is 0.458. The van der Waals surface area contributed by atoms with Gasteiger partial charge in [-0.1, -0.05) is 6.92 Å². The molecular weight excluding hydrogens is 182 g/mol. The molecule has 0 fully saturated rings. The maximum atomic E-state index is 5.11. The lowest BCUT2D eigenvalue weighted by atomic mass is 10.3. The van der Waals surface area contributed by atoms with E-state index in [-0.39, 0.29) is 0 Å². The van der Waals surface area contributed by atoms with E-state index in [0.717, 1.165) is 24.6 Å². The molecule has 0 aromatic heterocycles. The van der Waals surface area contributed by atoms with Crippen LogP contribution in [0.15, 0.2) is 0 Å². The van der Waals surface area contributed by atoms with Gasteiger partial charge in [0.1, 0.15) is 0 Å². The van der Waals surface area contributed by atoms with Gasteiger partial charge in [-0.2, -0.15) is 0 Å². The second kappa shape index (κ2) is 7.09. The maximum Gasteiger partial charge on any atom is 0.166 e. The van der Waals surface area contributed by atoms with Gasteiger partial charge in [0.25, 0.3) is 0 Å². The Balaban J connectivity index is 3.41. The van der Waals surface area contributed by atoms with Gasteiger partial charge in [-0.15, -0.1) is 0 Å². The predicted octanol–water partition coefficient (Wildman–Crippen LogP) is 0.811. The molecule has 0 aliphatic rings. The molecule has 0 saturated carbocycles. The Kier molecular flexibility index (Phi) is 6.90. The summed E-state index contributed by atoms with van der Waals surface area (Å²) in [6.07, 6.45) is 1.09. The third-order valence-corrected chi connectivity index (χ3v) is 2.10. The fourth-order valence-corrected chi connectivity index (χ4v) is 1.07. The van der Waals surface area contributed by atoms with Gasteiger partial charge in [0.2, 0.25) is 0 Å². The molecule has 0 aromatic rings. The first-order chi connectivity index (χ1) is 6.06. The summed E-state index contributed by atoms with van der Waals surface area (Å²) in [6, 6.07) is 0.458. The summed E-state index contributed by atoms with van der Waals surface area (Å²) in [5.74, 6) is 0. The summed E-state index contributed by atoms with van der Waals surface area (Å²) in [7, 11) is 4.10. The number of hydrogen-bond acceptors (Lipinski definition) is 2. The molecule has 0 rings (SSSR count). The molecule has 1 unspecified atom stereocenters. The predicted molar refractivity (Wildman–Crippen MR) is 62.0 cm³/mol. The molecule has 13 heavy (non-hydrogen) atoms. The van der Waals surface area contributed by atoms with Crippen LogP contribution >= 0.6 is 12.2 Å². The Morgan fingerprint density at radius 3 is 2.54 bits per heavy atom. The van der Waals surface area contributed by atoms with Crippen molar-refractivity contribution < 1.29 is 0 Å². The minimum atomic E-state index is 0.458. The first-order valence-corrected chi connectivity index (χ1v) is 5.16. The number of nitrogens with one attached hydrogen (secondary N) is 2. The Hall–Kier alpha value is -0.350. The van der Waals surface area contributed by atoms with Gasteiger partial charge in [0, 0.05) is 19.1 Å². The molecule has 0 saturated heterocycles. The molecule has 3 nitrogen and oxygen atoms in total. The lowest BCUT2D eigenvalue weighted by Crippen LogP contribution is -2.42. The highest BCUT2D eigenvalue weighted by molar-refractivity contribution is 7.80. The zero-order valence-corrected chi connectivity index (χ0v) is 9.87. The van der Waals surface area contributed by atoms with Gasteiger partial charge in [-0.05, 0) is 39.7 Å². The topological polar surface area (TPSA) is 27.3 Å². The van der Waals surface area contributed by atoms with E-state index in [2.05, 4.69) is 29.4 Å². The molecule has 0 amide bonds. The number of rotatable bonds is 5. The summed E-state index contributed by atoms with van der Waals surface area (Å²) in [6.45, 7) is 6.16. The lowest BCUT2D eigenvalue weighted by Gasteiger charge is -2.16. The average molecular weight is 203 g/mol. The average Bonchev–Trinajstić information content (AvgIpc) is 2.03. The van der Waals surface area contributed by atoms with Crippen molar-refractivity contribution in [1.29, 1.82) is 0 Å². The van der Waals surface area contributed by atoms with E-state index in [4.69, 9.17) is 12.2 Å². The molecule has 0 bridgehead atoms. The molecule has 78 valence electrons. The SMILES string of the molecule is CCC(C)NC(=S)NCCN(C)C. The van der Waals surface area contributed by atoms with Crippen LogP contribution in [0.4, 0.5) is 0 Å².